The number of rotatable bonds is 2. The Kier molecular flexibility index (Phi) is 2.04. The van der Waals surface area contributed by atoms with Crippen molar-refractivity contribution in [3.8, 4) is 5.95 Å². The zero-order chi connectivity index (χ0) is 8.39. The summed E-state index contributed by atoms with van der Waals surface area (Å²) in [7, 11) is 0. The fourth-order valence-corrected chi connectivity index (χ4v) is 1.37. The van der Waals surface area contributed by atoms with Crippen molar-refractivity contribution in [2.75, 3.05) is 13.1 Å². The third-order valence-corrected chi connectivity index (χ3v) is 2.01. The largest absolute Gasteiger partial charge is 0.460 e. The summed E-state index contributed by atoms with van der Waals surface area (Å²) in [5.74, 6) is 1.54. The van der Waals surface area contributed by atoms with Crippen LogP contribution in [0.5, 0.6) is 5.95 Å². The molecule has 1 aromatic rings. The molecule has 0 spiro atoms. The average Bonchev–Trinajstić information content (AvgIpc) is 2.63. The van der Waals surface area contributed by atoms with Crippen LogP contribution in [0.25, 0.3) is 0 Å². The van der Waals surface area contributed by atoms with Crippen molar-refractivity contribution in [3.63, 3.8) is 0 Å². The number of furan rings is 1. The highest BCUT2D eigenvalue weighted by Crippen LogP contribution is 2.17. The van der Waals surface area contributed by atoms with Crippen molar-refractivity contribution in [2.24, 2.45) is 0 Å². The second-order valence-electron chi connectivity index (χ2n) is 3.10. The lowest BCUT2D eigenvalue weighted by atomic mass is 10.3. The molecule has 1 unspecified atom stereocenters. The molecule has 0 amide bonds. The summed E-state index contributed by atoms with van der Waals surface area (Å²) in [6, 6.07) is 3.78. The predicted molar refractivity (Wildman–Crippen MR) is 45.3 cm³/mol. The highest BCUT2D eigenvalue weighted by Gasteiger charge is 2.16. The van der Waals surface area contributed by atoms with Crippen LogP contribution in [0.3, 0.4) is 0 Å². The van der Waals surface area contributed by atoms with Gasteiger partial charge >= 0.3 is 0 Å². The van der Waals surface area contributed by atoms with E-state index < -0.39 is 0 Å². The molecule has 1 aromatic heterocycles. The van der Waals surface area contributed by atoms with Crippen molar-refractivity contribution in [2.45, 2.75) is 19.4 Å². The minimum absolute atomic E-state index is 0.288. The van der Waals surface area contributed by atoms with Crippen LogP contribution in [0.1, 0.15) is 12.2 Å². The quantitative estimate of drug-likeness (QED) is 0.721. The molecule has 1 aliphatic heterocycles. The molecule has 3 heteroatoms. The molecule has 0 saturated carbocycles. The van der Waals surface area contributed by atoms with E-state index in [2.05, 4.69) is 5.32 Å². The molecule has 1 saturated heterocycles. The lowest BCUT2D eigenvalue weighted by Crippen LogP contribution is -2.19. The second-order valence-corrected chi connectivity index (χ2v) is 3.10. The third kappa shape index (κ3) is 1.61. The normalized spacial score (nSPS) is 22.9. The molecule has 1 aliphatic rings. The van der Waals surface area contributed by atoms with Gasteiger partial charge in [-0.25, -0.2) is 0 Å². The van der Waals surface area contributed by atoms with Crippen molar-refractivity contribution >= 4 is 0 Å². The summed E-state index contributed by atoms with van der Waals surface area (Å²) in [6.45, 7) is 3.89. The van der Waals surface area contributed by atoms with E-state index in [-0.39, 0.29) is 6.10 Å². The van der Waals surface area contributed by atoms with E-state index in [1.807, 2.05) is 19.1 Å². The van der Waals surface area contributed by atoms with Gasteiger partial charge in [0.05, 0.1) is 0 Å². The maximum atomic E-state index is 5.57. The van der Waals surface area contributed by atoms with Gasteiger partial charge in [-0.3, -0.25) is 0 Å². The number of nitrogens with one attached hydrogen (secondary N) is 1. The Labute approximate surface area is 71.7 Å². The Morgan fingerprint density at radius 1 is 1.58 bits per heavy atom. The Bertz CT molecular complexity index is 251. The predicted octanol–water partition coefficient (Wildman–Crippen LogP) is 1.33. The van der Waals surface area contributed by atoms with Crippen LogP contribution in [0.2, 0.25) is 0 Å². The third-order valence-electron chi connectivity index (χ3n) is 2.01. The molecule has 2 heterocycles. The van der Waals surface area contributed by atoms with Gasteiger partial charge in [0.2, 0.25) is 0 Å². The highest BCUT2D eigenvalue weighted by molar-refractivity contribution is 5.10. The molecule has 1 atom stereocenters. The Hall–Kier alpha value is -0.960. The molecular formula is C9H13NO2. The van der Waals surface area contributed by atoms with Gasteiger partial charge in [0.25, 0.3) is 5.95 Å². The van der Waals surface area contributed by atoms with Gasteiger partial charge in [-0.1, -0.05) is 0 Å². The van der Waals surface area contributed by atoms with Gasteiger partial charge in [-0.2, -0.15) is 0 Å². The molecular weight excluding hydrogens is 154 g/mol. The summed E-state index contributed by atoms with van der Waals surface area (Å²) in [5, 5.41) is 3.23. The van der Waals surface area contributed by atoms with Gasteiger partial charge in [-0.05, 0) is 26.0 Å². The first-order chi connectivity index (χ1) is 5.84. The highest BCUT2D eigenvalue weighted by atomic mass is 16.6. The van der Waals surface area contributed by atoms with Crippen LogP contribution in [-0.2, 0) is 0 Å². The molecule has 1 N–H and O–H groups in total. The summed E-state index contributed by atoms with van der Waals surface area (Å²) >= 11 is 0. The molecule has 0 aliphatic carbocycles. The lowest BCUT2D eigenvalue weighted by molar-refractivity contribution is 0.170. The SMILES string of the molecule is Cc1ccc(OC2CCNC2)o1. The lowest BCUT2D eigenvalue weighted by Gasteiger charge is -2.08. The van der Waals surface area contributed by atoms with Crippen LogP contribution in [0.4, 0.5) is 0 Å². The molecule has 2 rings (SSSR count). The number of ether oxygens (including phenoxy) is 1. The van der Waals surface area contributed by atoms with Crippen LogP contribution >= 0.6 is 0 Å². The molecule has 1 fully saturated rings. The fourth-order valence-electron chi connectivity index (χ4n) is 1.37. The van der Waals surface area contributed by atoms with Crippen LogP contribution < -0.4 is 10.1 Å². The van der Waals surface area contributed by atoms with Crippen molar-refractivity contribution < 1.29 is 9.15 Å². The molecule has 66 valence electrons. The van der Waals surface area contributed by atoms with Crippen LogP contribution in [-0.4, -0.2) is 19.2 Å². The summed E-state index contributed by atoms with van der Waals surface area (Å²) in [4.78, 5) is 0. The van der Waals surface area contributed by atoms with E-state index >= 15 is 0 Å². The van der Waals surface area contributed by atoms with Crippen molar-refractivity contribution in [3.05, 3.63) is 17.9 Å². The second kappa shape index (κ2) is 3.19. The summed E-state index contributed by atoms with van der Waals surface area (Å²) in [5.41, 5.74) is 0. The average molecular weight is 167 g/mol. The maximum absolute atomic E-state index is 5.57. The minimum Gasteiger partial charge on any atom is -0.460 e. The van der Waals surface area contributed by atoms with E-state index in [1.165, 1.54) is 0 Å². The summed E-state index contributed by atoms with van der Waals surface area (Å²) < 4.78 is 10.9. The topological polar surface area (TPSA) is 34.4 Å². The van der Waals surface area contributed by atoms with Crippen LogP contribution in [0, 0.1) is 6.92 Å². The maximum Gasteiger partial charge on any atom is 0.284 e. The van der Waals surface area contributed by atoms with Gasteiger partial charge in [0, 0.05) is 12.6 Å². The Morgan fingerprint density at radius 3 is 3.08 bits per heavy atom. The van der Waals surface area contributed by atoms with E-state index in [0.29, 0.717) is 5.95 Å². The van der Waals surface area contributed by atoms with Gasteiger partial charge < -0.3 is 14.5 Å². The Balaban J connectivity index is 1.94. The van der Waals surface area contributed by atoms with Gasteiger partial charge in [0.1, 0.15) is 11.9 Å². The zero-order valence-corrected chi connectivity index (χ0v) is 7.17. The molecule has 0 bridgehead atoms. The van der Waals surface area contributed by atoms with E-state index in [4.69, 9.17) is 9.15 Å². The van der Waals surface area contributed by atoms with E-state index in [1.54, 1.807) is 0 Å². The summed E-state index contributed by atoms with van der Waals surface area (Å²) in [6.07, 6.45) is 1.36. The fraction of sp³-hybridized carbons (Fsp3) is 0.556. The first-order valence-electron chi connectivity index (χ1n) is 4.28. The van der Waals surface area contributed by atoms with Crippen molar-refractivity contribution in [1.82, 2.24) is 5.32 Å². The monoisotopic (exact) mass is 167 g/mol. The Morgan fingerprint density at radius 2 is 2.50 bits per heavy atom. The first kappa shape index (κ1) is 7.68. The number of hydrogen-bond acceptors (Lipinski definition) is 3. The minimum atomic E-state index is 0.288. The zero-order valence-electron chi connectivity index (χ0n) is 7.17. The van der Waals surface area contributed by atoms with E-state index in [0.717, 1.165) is 25.3 Å². The number of hydrogen-bond donors (Lipinski definition) is 1. The number of aryl methyl sites for hydroxylation is 1. The standard InChI is InChI=1S/C9H13NO2/c1-7-2-3-9(11-7)12-8-4-5-10-6-8/h2-3,8,10H,4-6H2,1H3. The van der Waals surface area contributed by atoms with Gasteiger partial charge in [0.15, 0.2) is 0 Å². The molecule has 0 aromatic carbocycles. The first-order valence-corrected chi connectivity index (χ1v) is 4.28. The molecule has 12 heavy (non-hydrogen) atoms. The smallest absolute Gasteiger partial charge is 0.284 e. The van der Waals surface area contributed by atoms with Crippen LogP contribution in [0.15, 0.2) is 16.5 Å². The van der Waals surface area contributed by atoms with E-state index in [9.17, 15) is 0 Å². The molecule has 3 nitrogen and oxygen atoms in total. The van der Waals surface area contributed by atoms with Crippen molar-refractivity contribution in [1.29, 1.82) is 0 Å². The van der Waals surface area contributed by atoms with Gasteiger partial charge in [-0.15, -0.1) is 0 Å². The molecule has 0 radical (unpaired) electrons.